The Balaban J connectivity index is 1.55. The summed E-state index contributed by atoms with van der Waals surface area (Å²) >= 11 is 3.35. The number of benzene rings is 1. The summed E-state index contributed by atoms with van der Waals surface area (Å²) in [6.45, 7) is 0. The van der Waals surface area contributed by atoms with Gasteiger partial charge in [0.05, 0.1) is 5.69 Å². The smallest absolute Gasteiger partial charge is 0.277 e. The second-order valence-electron chi connectivity index (χ2n) is 6.98. The Labute approximate surface area is 153 Å². The molecule has 130 valence electrons. The predicted octanol–water partition coefficient (Wildman–Crippen LogP) is 3.03. The first kappa shape index (κ1) is 16.4. The molecule has 1 aromatic rings. The fourth-order valence-corrected chi connectivity index (χ4v) is 4.53. The molecular formula is C18H18BrN3O3. The van der Waals surface area contributed by atoms with Gasteiger partial charge in [0.2, 0.25) is 11.8 Å². The third-order valence-electron chi connectivity index (χ3n) is 5.47. The Kier molecular flexibility index (Phi) is 4.19. The number of carbonyl (C=O) groups is 3. The molecular weight excluding hydrogens is 386 g/mol. The molecule has 2 aliphatic carbocycles. The van der Waals surface area contributed by atoms with Crippen LogP contribution in [0.5, 0.6) is 0 Å². The van der Waals surface area contributed by atoms with Crippen molar-refractivity contribution in [3.63, 3.8) is 0 Å². The predicted molar refractivity (Wildman–Crippen MR) is 95.4 cm³/mol. The molecule has 4 atom stereocenters. The van der Waals surface area contributed by atoms with Crippen molar-refractivity contribution >= 4 is 45.7 Å². The van der Waals surface area contributed by atoms with Crippen molar-refractivity contribution in [2.24, 2.45) is 22.7 Å². The van der Waals surface area contributed by atoms with Gasteiger partial charge in [-0.2, -0.15) is 0 Å². The lowest BCUT2D eigenvalue weighted by Gasteiger charge is -2.36. The highest BCUT2D eigenvalue weighted by molar-refractivity contribution is 9.10. The molecule has 0 spiro atoms. The number of carbonyl (C=O) groups excluding carboxylic acids is 3. The van der Waals surface area contributed by atoms with Gasteiger partial charge in [-0.1, -0.05) is 22.4 Å². The molecule has 0 aromatic heterocycles. The summed E-state index contributed by atoms with van der Waals surface area (Å²) in [7, 11) is 0. The molecule has 1 N–H and O–H groups in total. The number of hydrogen-bond donors (Lipinski definition) is 1. The lowest BCUT2D eigenvalue weighted by atomic mass is 9.92. The van der Waals surface area contributed by atoms with E-state index in [0.717, 1.165) is 23.7 Å². The van der Waals surface area contributed by atoms with Crippen LogP contribution >= 0.6 is 15.9 Å². The van der Waals surface area contributed by atoms with Crippen LogP contribution in [0.1, 0.15) is 25.7 Å². The summed E-state index contributed by atoms with van der Waals surface area (Å²) in [4.78, 5) is 42.7. The van der Waals surface area contributed by atoms with Crippen molar-refractivity contribution in [3.05, 3.63) is 28.7 Å². The van der Waals surface area contributed by atoms with Crippen LogP contribution < -0.4 is 5.32 Å². The summed E-state index contributed by atoms with van der Waals surface area (Å²) in [5, 5.41) is 2.32. The van der Waals surface area contributed by atoms with E-state index in [0.29, 0.717) is 17.5 Å². The Morgan fingerprint density at radius 2 is 1.88 bits per heavy atom. The lowest BCUT2D eigenvalue weighted by molar-refractivity contribution is -0.141. The van der Waals surface area contributed by atoms with Crippen LogP contribution in [0.3, 0.4) is 0 Å². The number of urea groups is 1. The van der Waals surface area contributed by atoms with Gasteiger partial charge in [-0.25, -0.2) is 4.79 Å². The molecule has 4 rings (SSSR count). The average Bonchev–Trinajstić information content (AvgIpc) is 3.19. The van der Waals surface area contributed by atoms with Gasteiger partial charge < -0.3 is 0 Å². The van der Waals surface area contributed by atoms with Gasteiger partial charge in [0, 0.05) is 16.7 Å². The molecule has 1 aliphatic heterocycles. The SMILES string of the molecule is O=C1NC(=O)N([C@H]2C[C@H]3CC[C@H]2C3)C(=O)[C@H]1C=Nc1ccc(Br)cc1. The minimum atomic E-state index is -1.06. The second kappa shape index (κ2) is 6.37. The number of barbiturate groups is 1. The number of nitrogens with one attached hydrogen (secondary N) is 1. The van der Waals surface area contributed by atoms with Gasteiger partial charge in [0.25, 0.3) is 0 Å². The van der Waals surface area contributed by atoms with E-state index in [2.05, 4.69) is 26.2 Å². The molecule has 0 radical (unpaired) electrons. The van der Waals surface area contributed by atoms with Crippen LogP contribution in [0.15, 0.2) is 33.7 Å². The Hall–Kier alpha value is -2.02. The van der Waals surface area contributed by atoms with E-state index in [-0.39, 0.29) is 6.04 Å². The van der Waals surface area contributed by atoms with Crippen molar-refractivity contribution in [2.75, 3.05) is 0 Å². The summed E-state index contributed by atoms with van der Waals surface area (Å²) in [5.41, 5.74) is 0.646. The number of amides is 4. The third-order valence-corrected chi connectivity index (χ3v) is 6.00. The maximum Gasteiger partial charge on any atom is 0.331 e. The molecule has 3 fully saturated rings. The van der Waals surface area contributed by atoms with E-state index in [1.54, 1.807) is 12.1 Å². The second-order valence-corrected chi connectivity index (χ2v) is 7.89. The maximum atomic E-state index is 12.8. The fraction of sp³-hybridized carbons (Fsp3) is 0.444. The highest BCUT2D eigenvalue weighted by Crippen LogP contribution is 2.47. The van der Waals surface area contributed by atoms with Gasteiger partial charge in [0.1, 0.15) is 0 Å². The van der Waals surface area contributed by atoms with Crippen molar-refractivity contribution in [1.82, 2.24) is 10.2 Å². The number of rotatable bonds is 3. The normalized spacial score (nSPS) is 31.9. The van der Waals surface area contributed by atoms with Crippen molar-refractivity contribution in [3.8, 4) is 0 Å². The summed E-state index contributed by atoms with van der Waals surface area (Å²) in [5.74, 6) is -1.14. The van der Waals surface area contributed by atoms with Crippen LogP contribution in [0.2, 0.25) is 0 Å². The Bertz CT molecular complexity index is 761. The molecule has 1 saturated heterocycles. The molecule has 4 amide bonds. The molecule has 1 heterocycles. The third kappa shape index (κ3) is 3.01. The topological polar surface area (TPSA) is 78.8 Å². The van der Waals surface area contributed by atoms with Crippen LogP contribution in [-0.2, 0) is 9.59 Å². The number of hydrogen-bond acceptors (Lipinski definition) is 4. The van der Waals surface area contributed by atoms with E-state index >= 15 is 0 Å². The molecule has 25 heavy (non-hydrogen) atoms. The molecule has 7 heteroatoms. The van der Waals surface area contributed by atoms with Gasteiger partial charge >= 0.3 is 6.03 Å². The van der Waals surface area contributed by atoms with Gasteiger partial charge in [0.15, 0.2) is 5.92 Å². The maximum absolute atomic E-state index is 12.8. The molecule has 3 aliphatic rings. The van der Waals surface area contributed by atoms with Gasteiger partial charge in [-0.05, 0) is 55.4 Å². The molecule has 2 bridgehead atoms. The first-order valence-electron chi connectivity index (χ1n) is 8.50. The van der Waals surface area contributed by atoms with E-state index in [1.165, 1.54) is 17.5 Å². The summed E-state index contributed by atoms with van der Waals surface area (Å²) in [6.07, 6.45) is 5.51. The monoisotopic (exact) mass is 403 g/mol. The lowest BCUT2D eigenvalue weighted by Crippen LogP contribution is -2.62. The van der Waals surface area contributed by atoms with Crippen LogP contribution in [0.25, 0.3) is 0 Å². The van der Waals surface area contributed by atoms with Gasteiger partial charge in [-0.15, -0.1) is 0 Å². The van der Waals surface area contributed by atoms with Crippen molar-refractivity contribution in [1.29, 1.82) is 0 Å². The van der Waals surface area contributed by atoms with E-state index in [1.807, 2.05) is 12.1 Å². The molecule has 6 nitrogen and oxygen atoms in total. The summed E-state index contributed by atoms with van der Waals surface area (Å²) in [6, 6.07) is 6.57. The van der Waals surface area contributed by atoms with Crippen LogP contribution in [0, 0.1) is 17.8 Å². The van der Waals surface area contributed by atoms with Crippen molar-refractivity contribution < 1.29 is 14.4 Å². The first-order valence-corrected chi connectivity index (χ1v) is 9.30. The van der Waals surface area contributed by atoms with Crippen molar-refractivity contribution in [2.45, 2.75) is 31.7 Å². The minimum absolute atomic E-state index is 0.0806. The highest BCUT2D eigenvalue weighted by Gasteiger charge is 2.50. The zero-order chi connectivity index (χ0) is 17.6. The number of fused-ring (bicyclic) bond motifs is 2. The summed E-state index contributed by atoms with van der Waals surface area (Å²) < 4.78 is 0.922. The fourth-order valence-electron chi connectivity index (χ4n) is 4.27. The van der Waals surface area contributed by atoms with Gasteiger partial charge in [-0.3, -0.25) is 24.8 Å². The standard InChI is InChI=1S/C18H18BrN3O3/c19-12-3-5-13(6-4-12)20-9-14-16(23)21-18(25)22(17(14)24)15-8-10-1-2-11(15)7-10/h3-6,9-11,14-15H,1-2,7-8H2,(H,21,23,25)/t10-,11-,14-,15-/m0/s1. The van der Waals surface area contributed by atoms with Crippen LogP contribution in [-0.4, -0.2) is 35.0 Å². The zero-order valence-electron chi connectivity index (χ0n) is 13.5. The number of halogens is 1. The molecule has 2 saturated carbocycles. The van der Waals surface area contributed by atoms with E-state index < -0.39 is 23.8 Å². The average molecular weight is 404 g/mol. The molecule has 1 aromatic carbocycles. The van der Waals surface area contributed by atoms with E-state index in [4.69, 9.17) is 0 Å². The zero-order valence-corrected chi connectivity index (χ0v) is 15.1. The van der Waals surface area contributed by atoms with Crippen LogP contribution in [0.4, 0.5) is 10.5 Å². The Morgan fingerprint density at radius 1 is 1.12 bits per heavy atom. The Morgan fingerprint density at radius 3 is 2.52 bits per heavy atom. The number of imide groups is 2. The first-order chi connectivity index (χ1) is 12.0. The highest BCUT2D eigenvalue weighted by atomic mass is 79.9. The number of nitrogens with zero attached hydrogens (tertiary/aromatic N) is 2. The molecule has 0 unspecified atom stereocenters. The van der Waals surface area contributed by atoms with E-state index in [9.17, 15) is 14.4 Å². The minimum Gasteiger partial charge on any atom is -0.277 e. The largest absolute Gasteiger partial charge is 0.331 e. The number of aliphatic imine (C=N–C) groups is 1. The quantitative estimate of drug-likeness (QED) is 0.622.